The van der Waals surface area contributed by atoms with Crippen LogP contribution in [0.2, 0.25) is 0 Å². The maximum Gasteiger partial charge on any atom is 0.135 e. The molecule has 2 aliphatic heterocycles. The van der Waals surface area contributed by atoms with Crippen molar-refractivity contribution in [3.63, 3.8) is 0 Å². The average molecular weight is 391 g/mol. The van der Waals surface area contributed by atoms with Crippen LogP contribution in [0.5, 0.6) is 0 Å². The standard InChI is InChI=1S/C22H22N4OS/c1-16-14-21(23)10-11-22(16,24)26(20-9-5-13-28-20)19-8-3-2-7-18(19)25(21)15-17-6-4-12-27-17/h2-14H,15,23-24H2,1H3. The first-order valence-corrected chi connectivity index (χ1v) is 10.1. The Morgan fingerprint density at radius 1 is 1.00 bits per heavy atom. The van der Waals surface area contributed by atoms with Crippen molar-refractivity contribution >= 4 is 27.7 Å². The van der Waals surface area contributed by atoms with Crippen LogP contribution in [-0.2, 0) is 6.54 Å². The number of anilines is 3. The third-order valence-corrected chi connectivity index (χ3v) is 6.41. The van der Waals surface area contributed by atoms with Crippen molar-refractivity contribution in [1.29, 1.82) is 0 Å². The number of para-hydroxylation sites is 2. The summed E-state index contributed by atoms with van der Waals surface area (Å²) in [4.78, 5) is 4.36. The summed E-state index contributed by atoms with van der Waals surface area (Å²) in [6.07, 6.45) is 7.77. The Balaban J connectivity index is 1.78. The fourth-order valence-corrected chi connectivity index (χ4v) is 4.90. The van der Waals surface area contributed by atoms with Gasteiger partial charge in [-0.25, -0.2) is 0 Å². The normalized spacial score (nSPS) is 26.0. The molecule has 2 unspecified atom stereocenters. The molecule has 1 aliphatic carbocycles. The van der Waals surface area contributed by atoms with Crippen LogP contribution in [0.1, 0.15) is 12.7 Å². The number of hydrogen-bond donors (Lipinski definition) is 2. The second-order valence-electron chi connectivity index (χ2n) is 7.31. The average Bonchev–Trinajstić information content (AvgIpc) is 3.38. The van der Waals surface area contributed by atoms with E-state index >= 15 is 0 Å². The molecule has 28 heavy (non-hydrogen) atoms. The molecule has 4 N–H and O–H groups in total. The number of rotatable bonds is 3. The molecule has 0 amide bonds. The lowest BCUT2D eigenvalue weighted by Gasteiger charge is -2.51. The molecular formula is C22H22N4OS. The minimum Gasteiger partial charge on any atom is -0.467 e. The molecule has 142 valence electrons. The number of nitrogens with two attached hydrogens (primary N) is 2. The smallest absolute Gasteiger partial charge is 0.135 e. The van der Waals surface area contributed by atoms with Gasteiger partial charge in [0.1, 0.15) is 17.1 Å². The summed E-state index contributed by atoms with van der Waals surface area (Å²) in [6.45, 7) is 2.59. The molecule has 0 saturated carbocycles. The Bertz CT molecular complexity index is 1060. The first-order valence-electron chi connectivity index (χ1n) is 9.22. The van der Waals surface area contributed by atoms with E-state index in [1.165, 1.54) is 0 Å². The van der Waals surface area contributed by atoms with Gasteiger partial charge in [-0.15, -0.1) is 11.3 Å². The van der Waals surface area contributed by atoms with Crippen LogP contribution >= 0.6 is 11.3 Å². The summed E-state index contributed by atoms with van der Waals surface area (Å²) in [5.74, 6) is 0.854. The Morgan fingerprint density at radius 2 is 1.82 bits per heavy atom. The molecular weight excluding hydrogens is 368 g/mol. The molecule has 5 nitrogen and oxygen atoms in total. The summed E-state index contributed by atoms with van der Waals surface area (Å²) in [7, 11) is 0. The Kier molecular flexibility index (Phi) is 3.77. The van der Waals surface area contributed by atoms with Gasteiger partial charge in [0.05, 0.1) is 29.2 Å². The second kappa shape index (κ2) is 6.10. The first-order chi connectivity index (χ1) is 13.5. The minimum atomic E-state index is -0.794. The second-order valence-corrected chi connectivity index (χ2v) is 8.24. The molecule has 0 spiro atoms. The first kappa shape index (κ1) is 17.3. The molecule has 2 bridgehead atoms. The molecule has 2 atom stereocenters. The summed E-state index contributed by atoms with van der Waals surface area (Å²) >= 11 is 1.67. The molecule has 6 heteroatoms. The quantitative estimate of drug-likeness (QED) is 0.652. The van der Waals surface area contributed by atoms with Crippen LogP contribution in [0, 0.1) is 0 Å². The van der Waals surface area contributed by atoms with Gasteiger partial charge < -0.3 is 25.7 Å². The zero-order valence-electron chi connectivity index (χ0n) is 15.6. The molecule has 0 fully saturated rings. The Morgan fingerprint density at radius 3 is 2.50 bits per heavy atom. The van der Waals surface area contributed by atoms with Crippen LogP contribution in [0.25, 0.3) is 0 Å². The van der Waals surface area contributed by atoms with Crippen LogP contribution in [0.3, 0.4) is 0 Å². The Hall–Kier alpha value is -2.80. The van der Waals surface area contributed by atoms with Crippen molar-refractivity contribution < 1.29 is 4.42 Å². The lowest BCUT2D eigenvalue weighted by Crippen LogP contribution is -2.63. The van der Waals surface area contributed by atoms with E-state index in [0.29, 0.717) is 6.54 Å². The van der Waals surface area contributed by atoms with E-state index < -0.39 is 11.3 Å². The van der Waals surface area contributed by atoms with Gasteiger partial charge in [0.15, 0.2) is 0 Å². The summed E-state index contributed by atoms with van der Waals surface area (Å²) in [5.41, 5.74) is 15.4. The van der Waals surface area contributed by atoms with Gasteiger partial charge in [0.25, 0.3) is 0 Å². The van der Waals surface area contributed by atoms with E-state index in [1.807, 2.05) is 49.4 Å². The predicted molar refractivity (Wildman–Crippen MR) is 115 cm³/mol. The van der Waals surface area contributed by atoms with E-state index in [0.717, 1.165) is 27.7 Å². The highest BCUT2D eigenvalue weighted by Crippen LogP contribution is 2.48. The van der Waals surface area contributed by atoms with E-state index in [1.54, 1.807) is 17.6 Å². The monoisotopic (exact) mass is 390 g/mol. The highest BCUT2D eigenvalue weighted by atomic mass is 32.1. The van der Waals surface area contributed by atoms with Crippen molar-refractivity contribution in [2.24, 2.45) is 11.5 Å². The number of hydrogen-bond acceptors (Lipinski definition) is 6. The highest BCUT2D eigenvalue weighted by molar-refractivity contribution is 7.14. The van der Waals surface area contributed by atoms with E-state index in [4.69, 9.17) is 15.9 Å². The SMILES string of the molecule is CC1=CC2(N)C=CC1(N)N(c1cccs1)c1ccccc1N2Cc1ccco1. The molecule has 1 aromatic carbocycles. The molecule has 0 radical (unpaired) electrons. The van der Waals surface area contributed by atoms with E-state index in [2.05, 4.69) is 39.5 Å². The van der Waals surface area contributed by atoms with Crippen molar-refractivity contribution in [3.8, 4) is 0 Å². The van der Waals surface area contributed by atoms with Gasteiger partial charge in [-0.1, -0.05) is 12.1 Å². The maximum absolute atomic E-state index is 6.98. The van der Waals surface area contributed by atoms with Gasteiger partial charge in [-0.3, -0.25) is 0 Å². The topological polar surface area (TPSA) is 71.7 Å². The summed E-state index contributed by atoms with van der Waals surface area (Å²) < 4.78 is 5.64. The molecule has 4 heterocycles. The van der Waals surface area contributed by atoms with Gasteiger partial charge >= 0.3 is 0 Å². The fourth-order valence-electron chi connectivity index (χ4n) is 4.09. The van der Waals surface area contributed by atoms with Crippen molar-refractivity contribution in [3.05, 3.63) is 89.7 Å². The number of benzene rings is 1. The third kappa shape index (κ3) is 2.46. The van der Waals surface area contributed by atoms with Crippen LogP contribution in [0.15, 0.2) is 88.4 Å². The number of thiophene rings is 1. The molecule has 3 aromatic rings. The van der Waals surface area contributed by atoms with Crippen LogP contribution in [-0.4, -0.2) is 11.3 Å². The van der Waals surface area contributed by atoms with Crippen molar-refractivity contribution in [2.75, 3.05) is 9.80 Å². The zero-order valence-corrected chi connectivity index (χ0v) is 16.4. The fraction of sp³-hybridized carbons (Fsp3) is 0.182. The largest absolute Gasteiger partial charge is 0.467 e. The number of nitrogens with zero attached hydrogens (tertiary/aromatic N) is 2. The number of furan rings is 1. The maximum atomic E-state index is 6.98. The highest BCUT2D eigenvalue weighted by Gasteiger charge is 2.45. The summed E-state index contributed by atoms with van der Waals surface area (Å²) in [5, 5.41) is 3.15. The Labute approximate surface area is 168 Å². The molecule has 6 rings (SSSR count). The van der Waals surface area contributed by atoms with Crippen LogP contribution < -0.4 is 21.3 Å². The minimum absolute atomic E-state index is 0.546. The van der Waals surface area contributed by atoms with Gasteiger partial charge in [0.2, 0.25) is 0 Å². The van der Waals surface area contributed by atoms with E-state index in [9.17, 15) is 0 Å². The van der Waals surface area contributed by atoms with Gasteiger partial charge in [0, 0.05) is 0 Å². The zero-order chi connectivity index (χ0) is 19.4. The summed E-state index contributed by atoms with van der Waals surface area (Å²) in [6, 6.07) is 16.3. The van der Waals surface area contributed by atoms with Gasteiger partial charge in [-0.2, -0.15) is 0 Å². The predicted octanol–water partition coefficient (Wildman–Crippen LogP) is 4.33. The third-order valence-electron chi connectivity index (χ3n) is 5.56. The molecule has 0 saturated heterocycles. The van der Waals surface area contributed by atoms with Crippen molar-refractivity contribution in [1.82, 2.24) is 0 Å². The molecule has 2 aromatic heterocycles. The van der Waals surface area contributed by atoms with Crippen molar-refractivity contribution in [2.45, 2.75) is 24.8 Å². The molecule has 3 aliphatic rings. The lowest BCUT2D eigenvalue weighted by molar-refractivity contribution is 0.462. The lowest BCUT2D eigenvalue weighted by atomic mass is 9.85. The van der Waals surface area contributed by atoms with Gasteiger partial charge in [-0.05, 0) is 72.5 Å². The van der Waals surface area contributed by atoms with Crippen LogP contribution in [0.4, 0.5) is 16.4 Å². The van der Waals surface area contributed by atoms with E-state index in [-0.39, 0.29) is 0 Å².